The minimum atomic E-state index is -0.858. The van der Waals surface area contributed by atoms with E-state index in [0.29, 0.717) is 18.3 Å². The van der Waals surface area contributed by atoms with Crippen LogP contribution in [0.4, 0.5) is 14.5 Å². The summed E-state index contributed by atoms with van der Waals surface area (Å²) in [6.07, 6.45) is 3.20. The average Bonchev–Trinajstić information content (AvgIpc) is 3.02. The topological polar surface area (TPSA) is 56.1 Å². The number of nitrogens with zero attached hydrogens (tertiary/aromatic N) is 2. The van der Waals surface area contributed by atoms with Crippen molar-refractivity contribution in [2.45, 2.75) is 6.54 Å². The van der Waals surface area contributed by atoms with Gasteiger partial charge in [-0.2, -0.15) is 5.10 Å². The fourth-order valence-electron chi connectivity index (χ4n) is 2.22. The highest BCUT2D eigenvalue weighted by Crippen LogP contribution is 2.17. The van der Waals surface area contributed by atoms with Crippen molar-refractivity contribution in [1.29, 1.82) is 0 Å². The Morgan fingerprint density at radius 3 is 2.72 bits per heavy atom. The second kappa shape index (κ2) is 7.57. The van der Waals surface area contributed by atoms with Gasteiger partial charge in [0, 0.05) is 12.3 Å². The van der Waals surface area contributed by atoms with Crippen LogP contribution in [0, 0.1) is 11.6 Å². The van der Waals surface area contributed by atoms with Crippen LogP contribution in [-0.4, -0.2) is 22.3 Å². The normalized spacial score (nSPS) is 10.5. The Balaban J connectivity index is 1.53. The third-order valence-corrected chi connectivity index (χ3v) is 3.36. The maximum absolute atomic E-state index is 13.4. The lowest BCUT2D eigenvalue weighted by Gasteiger charge is -2.07. The molecule has 7 heteroatoms. The molecule has 0 atom stereocenters. The zero-order chi connectivity index (χ0) is 17.6. The third kappa shape index (κ3) is 4.63. The van der Waals surface area contributed by atoms with E-state index in [1.807, 2.05) is 30.3 Å². The van der Waals surface area contributed by atoms with Gasteiger partial charge in [-0.1, -0.05) is 30.3 Å². The highest BCUT2D eigenvalue weighted by atomic mass is 19.1. The maximum atomic E-state index is 13.4. The van der Waals surface area contributed by atoms with Gasteiger partial charge < -0.3 is 10.1 Å². The first-order valence-electron chi connectivity index (χ1n) is 7.54. The molecule has 128 valence electrons. The minimum absolute atomic E-state index is 0.184. The molecule has 0 saturated heterocycles. The summed E-state index contributed by atoms with van der Waals surface area (Å²) >= 11 is 0. The van der Waals surface area contributed by atoms with Crippen LogP contribution in [-0.2, 0) is 11.3 Å². The van der Waals surface area contributed by atoms with Crippen molar-refractivity contribution >= 4 is 11.6 Å². The molecule has 1 aromatic heterocycles. The molecule has 3 aromatic rings. The van der Waals surface area contributed by atoms with Crippen molar-refractivity contribution in [3.05, 3.63) is 78.1 Å². The molecule has 0 bridgehead atoms. The first kappa shape index (κ1) is 16.6. The maximum Gasteiger partial charge on any atom is 0.262 e. The van der Waals surface area contributed by atoms with E-state index in [0.717, 1.165) is 17.7 Å². The van der Waals surface area contributed by atoms with Gasteiger partial charge in [0.05, 0.1) is 18.4 Å². The number of carbonyl (C=O) groups excluding carboxylic acids is 1. The molecule has 25 heavy (non-hydrogen) atoms. The van der Waals surface area contributed by atoms with E-state index in [2.05, 4.69) is 10.4 Å². The predicted octanol–water partition coefficient (Wildman–Crippen LogP) is 3.23. The van der Waals surface area contributed by atoms with Crippen LogP contribution in [0.2, 0.25) is 0 Å². The number of nitrogens with one attached hydrogen (secondary N) is 1. The Hall–Kier alpha value is -3.22. The number of aromatic nitrogens is 2. The standard InChI is InChI=1S/C18H15F2N3O2/c19-14-6-7-17(16(20)8-14)25-12-18(24)22-15-9-21-23(11-15)10-13-4-2-1-3-5-13/h1-9,11H,10,12H2,(H,22,24). The first-order chi connectivity index (χ1) is 12.1. The summed E-state index contributed by atoms with van der Waals surface area (Å²) in [5, 5.41) is 6.77. The molecule has 1 heterocycles. The summed E-state index contributed by atoms with van der Waals surface area (Å²) in [5.74, 6) is -2.22. The van der Waals surface area contributed by atoms with Gasteiger partial charge in [-0.05, 0) is 17.7 Å². The van der Waals surface area contributed by atoms with Gasteiger partial charge in [0.2, 0.25) is 0 Å². The first-order valence-corrected chi connectivity index (χ1v) is 7.54. The highest BCUT2D eigenvalue weighted by molar-refractivity contribution is 5.91. The van der Waals surface area contributed by atoms with E-state index in [9.17, 15) is 13.6 Å². The van der Waals surface area contributed by atoms with E-state index >= 15 is 0 Å². The van der Waals surface area contributed by atoms with Crippen molar-refractivity contribution in [2.75, 3.05) is 11.9 Å². The Morgan fingerprint density at radius 2 is 1.96 bits per heavy atom. The van der Waals surface area contributed by atoms with Gasteiger partial charge in [0.15, 0.2) is 18.2 Å². The number of hydrogen-bond donors (Lipinski definition) is 1. The fourth-order valence-corrected chi connectivity index (χ4v) is 2.22. The SMILES string of the molecule is O=C(COc1ccc(F)cc1F)Nc1cnn(Cc2ccccc2)c1. The van der Waals surface area contributed by atoms with E-state index in [4.69, 9.17) is 4.74 Å². The molecule has 0 spiro atoms. The molecular formula is C18H15F2N3O2. The molecule has 0 radical (unpaired) electrons. The molecule has 0 saturated carbocycles. The van der Waals surface area contributed by atoms with E-state index in [1.165, 1.54) is 6.20 Å². The van der Waals surface area contributed by atoms with Gasteiger partial charge in [0.25, 0.3) is 5.91 Å². The number of hydrogen-bond acceptors (Lipinski definition) is 3. The Morgan fingerprint density at radius 1 is 1.16 bits per heavy atom. The minimum Gasteiger partial charge on any atom is -0.481 e. The third-order valence-electron chi connectivity index (χ3n) is 3.36. The average molecular weight is 343 g/mol. The molecule has 0 unspecified atom stereocenters. The van der Waals surface area contributed by atoms with E-state index in [1.54, 1.807) is 10.9 Å². The van der Waals surface area contributed by atoms with Crippen molar-refractivity contribution in [2.24, 2.45) is 0 Å². The second-order valence-corrected chi connectivity index (χ2v) is 5.32. The van der Waals surface area contributed by atoms with Gasteiger partial charge in [-0.15, -0.1) is 0 Å². The molecule has 3 rings (SSSR count). The van der Waals surface area contributed by atoms with Crippen molar-refractivity contribution < 1.29 is 18.3 Å². The molecule has 1 N–H and O–H groups in total. The lowest BCUT2D eigenvalue weighted by Crippen LogP contribution is -2.20. The van der Waals surface area contributed by atoms with Gasteiger partial charge in [-0.3, -0.25) is 9.48 Å². The van der Waals surface area contributed by atoms with Crippen LogP contribution in [0.3, 0.4) is 0 Å². The monoisotopic (exact) mass is 343 g/mol. The van der Waals surface area contributed by atoms with Crippen molar-refractivity contribution in [1.82, 2.24) is 9.78 Å². The zero-order valence-electron chi connectivity index (χ0n) is 13.2. The molecular weight excluding hydrogens is 328 g/mol. The molecule has 0 aliphatic heterocycles. The number of benzene rings is 2. The molecule has 5 nitrogen and oxygen atoms in total. The van der Waals surface area contributed by atoms with Gasteiger partial charge in [-0.25, -0.2) is 8.78 Å². The summed E-state index contributed by atoms with van der Waals surface area (Å²) in [4.78, 5) is 11.9. The lowest BCUT2D eigenvalue weighted by molar-refractivity contribution is -0.118. The smallest absolute Gasteiger partial charge is 0.262 e. The highest BCUT2D eigenvalue weighted by Gasteiger charge is 2.09. The number of amides is 1. The van der Waals surface area contributed by atoms with Crippen LogP contribution in [0.1, 0.15) is 5.56 Å². The van der Waals surface area contributed by atoms with Crippen LogP contribution < -0.4 is 10.1 Å². The van der Waals surface area contributed by atoms with Crippen molar-refractivity contribution in [3.8, 4) is 5.75 Å². The number of halogens is 2. The van der Waals surface area contributed by atoms with Crippen LogP contribution in [0.5, 0.6) is 5.75 Å². The van der Waals surface area contributed by atoms with Crippen molar-refractivity contribution in [3.63, 3.8) is 0 Å². The second-order valence-electron chi connectivity index (χ2n) is 5.32. The summed E-state index contributed by atoms with van der Waals surface area (Å²) < 4.78 is 33.0. The number of anilines is 1. The quantitative estimate of drug-likeness (QED) is 0.748. The van der Waals surface area contributed by atoms with Crippen LogP contribution >= 0.6 is 0 Å². The Bertz CT molecular complexity index is 866. The number of rotatable bonds is 6. The lowest BCUT2D eigenvalue weighted by atomic mass is 10.2. The molecule has 0 aliphatic rings. The number of ether oxygens (including phenoxy) is 1. The van der Waals surface area contributed by atoms with Gasteiger partial charge >= 0.3 is 0 Å². The zero-order valence-corrected chi connectivity index (χ0v) is 13.2. The van der Waals surface area contributed by atoms with Crippen LogP contribution in [0.15, 0.2) is 60.9 Å². The summed E-state index contributed by atoms with van der Waals surface area (Å²) in [6, 6.07) is 12.7. The van der Waals surface area contributed by atoms with E-state index < -0.39 is 24.1 Å². The summed E-state index contributed by atoms with van der Waals surface area (Å²) in [5.41, 5.74) is 1.59. The molecule has 1 amide bonds. The van der Waals surface area contributed by atoms with Gasteiger partial charge in [0.1, 0.15) is 5.82 Å². The predicted molar refractivity (Wildman–Crippen MR) is 88.3 cm³/mol. The van der Waals surface area contributed by atoms with E-state index in [-0.39, 0.29) is 5.75 Å². The van der Waals surface area contributed by atoms with Crippen LogP contribution in [0.25, 0.3) is 0 Å². The Labute approximate surface area is 142 Å². The molecule has 0 fully saturated rings. The number of carbonyl (C=O) groups is 1. The summed E-state index contributed by atoms with van der Waals surface area (Å²) in [6.45, 7) is 0.181. The Kier molecular flexibility index (Phi) is 5.03. The molecule has 2 aromatic carbocycles. The summed E-state index contributed by atoms with van der Waals surface area (Å²) in [7, 11) is 0. The largest absolute Gasteiger partial charge is 0.481 e. The molecule has 0 aliphatic carbocycles. The fraction of sp³-hybridized carbons (Fsp3) is 0.111.